The summed E-state index contributed by atoms with van der Waals surface area (Å²) in [5.41, 5.74) is 1.08. The zero-order valence-electron chi connectivity index (χ0n) is 18.5. The predicted molar refractivity (Wildman–Crippen MR) is 129 cm³/mol. The molecule has 1 heterocycles. The molecule has 0 aliphatic carbocycles. The minimum Gasteiger partial charge on any atom is -0.490 e. The zero-order chi connectivity index (χ0) is 21.1. The van der Waals surface area contributed by atoms with Crippen LogP contribution >= 0.6 is 24.0 Å². The van der Waals surface area contributed by atoms with Gasteiger partial charge in [-0.2, -0.15) is 4.98 Å². The topological polar surface area (TPSA) is 93.8 Å². The van der Waals surface area contributed by atoms with Crippen LogP contribution in [-0.4, -0.2) is 35.9 Å². The Bertz CT molecular complexity index is 782. The molecule has 0 aliphatic heterocycles. The first kappa shape index (κ1) is 26.0. The van der Waals surface area contributed by atoms with Crippen LogP contribution in [-0.2, 0) is 6.54 Å². The Balaban J connectivity index is 0.00000450. The highest BCUT2D eigenvalue weighted by Crippen LogP contribution is 2.31. The number of rotatable bonds is 11. The van der Waals surface area contributed by atoms with Crippen molar-refractivity contribution >= 4 is 29.9 Å². The monoisotopic (exact) mass is 531 g/mol. The fraction of sp³-hybridized carbons (Fsp3) is 0.571. The molecule has 8 nitrogen and oxygen atoms in total. The van der Waals surface area contributed by atoms with Crippen molar-refractivity contribution in [2.24, 2.45) is 4.99 Å². The van der Waals surface area contributed by atoms with Crippen LogP contribution in [0.3, 0.4) is 0 Å². The molecule has 0 amide bonds. The fourth-order valence-corrected chi connectivity index (χ4v) is 2.61. The Morgan fingerprint density at radius 1 is 1.13 bits per heavy atom. The number of aryl methyl sites for hydroxylation is 1. The van der Waals surface area contributed by atoms with Crippen molar-refractivity contribution in [2.45, 2.75) is 60.0 Å². The lowest BCUT2D eigenvalue weighted by Crippen LogP contribution is -2.38. The summed E-state index contributed by atoms with van der Waals surface area (Å²) < 4.78 is 16.7. The third kappa shape index (κ3) is 8.37. The number of hydrogen-bond acceptors (Lipinski definition) is 6. The first-order chi connectivity index (χ1) is 14.1. The number of halogens is 1. The van der Waals surface area contributed by atoms with Crippen molar-refractivity contribution in [3.8, 4) is 11.5 Å². The first-order valence-corrected chi connectivity index (χ1v) is 10.3. The van der Waals surface area contributed by atoms with Crippen LogP contribution in [0.15, 0.2) is 27.7 Å². The van der Waals surface area contributed by atoms with Gasteiger partial charge in [-0.05, 0) is 44.4 Å². The highest BCUT2D eigenvalue weighted by Gasteiger charge is 2.13. The summed E-state index contributed by atoms with van der Waals surface area (Å²) in [6.45, 7) is 12.5. The standard InChI is InChI=1S/C21H33N5O3.HI/c1-6-11-27-18-10-9-17(13-19(18)28-12-7-2)15(4)24-21(22-8-3)23-14-20-25-16(5)29-26-20;/h9-10,13,15H,6-8,11-12,14H2,1-5H3,(H2,22,23,24);1H. The van der Waals surface area contributed by atoms with Gasteiger partial charge >= 0.3 is 0 Å². The molecule has 1 atom stereocenters. The Labute approximate surface area is 196 Å². The van der Waals surface area contributed by atoms with Crippen molar-refractivity contribution in [1.82, 2.24) is 20.8 Å². The summed E-state index contributed by atoms with van der Waals surface area (Å²) in [5, 5.41) is 10.5. The van der Waals surface area contributed by atoms with E-state index >= 15 is 0 Å². The van der Waals surface area contributed by atoms with Crippen LogP contribution in [0.25, 0.3) is 0 Å². The zero-order valence-corrected chi connectivity index (χ0v) is 20.9. The van der Waals surface area contributed by atoms with Crippen LogP contribution < -0.4 is 20.1 Å². The van der Waals surface area contributed by atoms with E-state index in [4.69, 9.17) is 14.0 Å². The van der Waals surface area contributed by atoms with E-state index in [-0.39, 0.29) is 30.0 Å². The van der Waals surface area contributed by atoms with Crippen LogP contribution in [0.4, 0.5) is 0 Å². The largest absolute Gasteiger partial charge is 0.490 e. The molecule has 1 aromatic carbocycles. The maximum absolute atomic E-state index is 5.91. The lowest BCUT2D eigenvalue weighted by atomic mass is 10.1. The molecule has 0 spiro atoms. The molecule has 168 valence electrons. The fourth-order valence-electron chi connectivity index (χ4n) is 2.61. The summed E-state index contributed by atoms with van der Waals surface area (Å²) >= 11 is 0. The van der Waals surface area contributed by atoms with Gasteiger partial charge in [0, 0.05) is 13.5 Å². The predicted octanol–water partition coefficient (Wildman–Crippen LogP) is 4.39. The highest BCUT2D eigenvalue weighted by molar-refractivity contribution is 14.0. The number of guanidine groups is 1. The van der Waals surface area contributed by atoms with Crippen LogP contribution in [0, 0.1) is 6.92 Å². The number of nitrogens with zero attached hydrogens (tertiary/aromatic N) is 3. The van der Waals surface area contributed by atoms with Gasteiger partial charge in [-0.1, -0.05) is 25.1 Å². The van der Waals surface area contributed by atoms with Crippen LogP contribution in [0.1, 0.15) is 63.9 Å². The Morgan fingerprint density at radius 2 is 1.83 bits per heavy atom. The second-order valence-electron chi connectivity index (χ2n) is 6.69. The van der Waals surface area contributed by atoms with E-state index in [0.717, 1.165) is 36.4 Å². The molecule has 0 saturated carbocycles. The third-order valence-corrected chi connectivity index (χ3v) is 4.04. The molecule has 0 fully saturated rings. The summed E-state index contributed by atoms with van der Waals surface area (Å²) in [5.74, 6) is 3.33. The average Bonchev–Trinajstić information content (AvgIpc) is 3.14. The maximum atomic E-state index is 5.91. The molecule has 2 N–H and O–H groups in total. The van der Waals surface area contributed by atoms with Gasteiger partial charge in [0.05, 0.1) is 19.3 Å². The lowest BCUT2D eigenvalue weighted by Gasteiger charge is -2.20. The second kappa shape index (κ2) is 14.1. The maximum Gasteiger partial charge on any atom is 0.223 e. The van der Waals surface area contributed by atoms with Gasteiger partial charge in [-0.25, -0.2) is 4.99 Å². The Hall–Kier alpha value is -2.04. The summed E-state index contributed by atoms with van der Waals surface area (Å²) in [6.07, 6.45) is 1.90. The van der Waals surface area contributed by atoms with Gasteiger partial charge in [-0.3, -0.25) is 0 Å². The number of ether oxygens (including phenoxy) is 2. The van der Waals surface area contributed by atoms with Crippen molar-refractivity contribution in [3.63, 3.8) is 0 Å². The number of nitrogens with one attached hydrogen (secondary N) is 2. The molecule has 0 radical (unpaired) electrons. The summed E-state index contributed by atoms with van der Waals surface area (Å²) in [6, 6.07) is 6.07. The molecular weight excluding hydrogens is 497 g/mol. The molecular formula is C21H34IN5O3. The first-order valence-electron chi connectivity index (χ1n) is 10.3. The van der Waals surface area contributed by atoms with Crippen molar-refractivity contribution in [2.75, 3.05) is 19.8 Å². The van der Waals surface area contributed by atoms with E-state index in [9.17, 15) is 0 Å². The van der Waals surface area contributed by atoms with Crippen molar-refractivity contribution in [3.05, 3.63) is 35.5 Å². The minimum absolute atomic E-state index is 0. The molecule has 0 aliphatic rings. The molecule has 0 bridgehead atoms. The number of aromatic nitrogens is 2. The van der Waals surface area contributed by atoms with Gasteiger partial charge in [0.15, 0.2) is 23.3 Å². The van der Waals surface area contributed by atoms with E-state index in [2.05, 4.69) is 46.5 Å². The summed E-state index contributed by atoms with van der Waals surface area (Å²) in [7, 11) is 0. The van der Waals surface area contributed by atoms with Crippen molar-refractivity contribution < 1.29 is 14.0 Å². The van der Waals surface area contributed by atoms with Crippen LogP contribution in [0.5, 0.6) is 11.5 Å². The van der Waals surface area contributed by atoms with E-state index in [1.807, 2.05) is 25.1 Å². The molecule has 0 saturated heterocycles. The molecule has 9 heteroatoms. The van der Waals surface area contributed by atoms with Gasteiger partial charge in [-0.15, -0.1) is 24.0 Å². The Kier molecular flexibility index (Phi) is 12.2. The molecule has 30 heavy (non-hydrogen) atoms. The van der Waals surface area contributed by atoms with Gasteiger partial charge < -0.3 is 24.6 Å². The SMILES string of the molecule is CCCOc1ccc(C(C)NC(=NCc2noc(C)n2)NCC)cc1OCCC.I. The summed E-state index contributed by atoms with van der Waals surface area (Å²) in [4.78, 5) is 8.73. The number of hydrogen-bond donors (Lipinski definition) is 2. The lowest BCUT2D eigenvalue weighted by molar-refractivity contribution is 0.268. The van der Waals surface area contributed by atoms with Gasteiger partial charge in [0.25, 0.3) is 0 Å². The highest BCUT2D eigenvalue weighted by atomic mass is 127. The number of benzene rings is 1. The minimum atomic E-state index is 0. The number of aliphatic imine (C=N–C) groups is 1. The van der Waals surface area contributed by atoms with E-state index in [0.29, 0.717) is 37.4 Å². The quantitative estimate of drug-likeness (QED) is 0.252. The average molecular weight is 531 g/mol. The molecule has 2 rings (SSSR count). The van der Waals surface area contributed by atoms with E-state index < -0.39 is 0 Å². The molecule has 2 aromatic rings. The molecule has 1 aromatic heterocycles. The second-order valence-corrected chi connectivity index (χ2v) is 6.69. The van der Waals surface area contributed by atoms with Crippen molar-refractivity contribution in [1.29, 1.82) is 0 Å². The van der Waals surface area contributed by atoms with E-state index in [1.165, 1.54) is 0 Å². The molecule has 1 unspecified atom stereocenters. The normalized spacial score (nSPS) is 12.1. The third-order valence-electron chi connectivity index (χ3n) is 4.04. The van der Waals surface area contributed by atoms with Gasteiger partial charge in [0.2, 0.25) is 5.89 Å². The van der Waals surface area contributed by atoms with Crippen LogP contribution in [0.2, 0.25) is 0 Å². The van der Waals surface area contributed by atoms with E-state index in [1.54, 1.807) is 6.92 Å². The smallest absolute Gasteiger partial charge is 0.223 e. The van der Waals surface area contributed by atoms with Gasteiger partial charge in [0.1, 0.15) is 6.54 Å². The Morgan fingerprint density at radius 3 is 2.43 bits per heavy atom.